The van der Waals surface area contributed by atoms with Crippen molar-refractivity contribution in [3.8, 4) is 0 Å². The van der Waals surface area contributed by atoms with Crippen molar-refractivity contribution >= 4 is 5.97 Å². The molecule has 1 unspecified atom stereocenters. The molecule has 108 valence electrons. The Labute approximate surface area is 112 Å². The summed E-state index contributed by atoms with van der Waals surface area (Å²) < 4.78 is 5.09. The van der Waals surface area contributed by atoms with Gasteiger partial charge < -0.3 is 15.0 Å². The molecular formula is C14H30N2O2. The Kier molecular flexibility index (Phi) is 11.1. The molecule has 0 spiro atoms. The summed E-state index contributed by atoms with van der Waals surface area (Å²) in [5.74, 6) is -0.118. The Balaban J connectivity index is 4.16. The third-order valence-corrected chi connectivity index (χ3v) is 2.84. The Morgan fingerprint density at radius 1 is 1.11 bits per heavy atom. The molecule has 0 aromatic heterocycles. The van der Waals surface area contributed by atoms with Gasteiger partial charge in [-0.25, -0.2) is 0 Å². The monoisotopic (exact) mass is 258 g/mol. The highest BCUT2D eigenvalue weighted by molar-refractivity contribution is 5.75. The molecule has 0 heterocycles. The average Bonchev–Trinajstić information content (AvgIpc) is 2.35. The standard InChI is InChI=1S/C14H30N2O2/c1-5-10-16(11-6-2)12-9-13(15-7-3)14(17)18-8-4/h13,15H,5-12H2,1-4H3. The van der Waals surface area contributed by atoms with E-state index in [1.165, 1.54) is 0 Å². The maximum Gasteiger partial charge on any atom is 0.323 e. The van der Waals surface area contributed by atoms with Crippen molar-refractivity contribution in [1.82, 2.24) is 10.2 Å². The SMILES string of the molecule is CCCN(CCC)CCC(NCC)C(=O)OCC. The highest BCUT2D eigenvalue weighted by atomic mass is 16.5. The summed E-state index contributed by atoms with van der Waals surface area (Å²) in [5, 5.41) is 3.21. The number of carbonyl (C=O) groups is 1. The van der Waals surface area contributed by atoms with Crippen LogP contribution in [-0.4, -0.2) is 49.7 Å². The van der Waals surface area contributed by atoms with E-state index in [-0.39, 0.29) is 12.0 Å². The molecule has 0 aliphatic heterocycles. The number of nitrogens with zero attached hydrogens (tertiary/aromatic N) is 1. The van der Waals surface area contributed by atoms with E-state index in [1.54, 1.807) is 0 Å². The van der Waals surface area contributed by atoms with Gasteiger partial charge in [-0.05, 0) is 45.8 Å². The van der Waals surface area contributed by atoms with Crippen molar-refractivity contribution < 1.29 is 9.53 Å². The first-order valence-corrected chi connectivity index (χ1v) is 7.31. The first kappa shape index (κ1) is 17.4. The van der Waals surface area contributed by atoms with Crippen LogP contribution in [0.1, 0.15) is 47.0 Å². The summed E-state index contributed by atoms with van der Waals surface area (Å²) in [7, 11) is 0. The summed E-state index contributed by atoms with van der Waals surface area (Å²) in [5.41, 5.74) is 0. The van der Waals surface area contributed by atoms with Crippen LogP contribution >= 0.6 is 0 Å². The average molecular weight is 258 g/mol. The minimum Gasteiger partial charge on any atom is -0.465 e. The number of hydrogen-bond acceptors (Lipinski definition) is 4. The van der Waals surface area contributed by atoms with Crippen LogP contribution in [0.15, 0.2) is 0 Å². The minimum absolute atomic E-state index is 0.118. The number of nitrogens with one attached hydrogen (secondary N) is 1. The van der Waals surface area contributed by atoms with Gasteiger partial charge in [0.2, 0.25) is 0 Å². The van der Waals surface area contributed by atoms with Gasteiger partial charge in [-0.15, -0.1) is 0 Å². The van der Waals surface area contributed by atoms with Crippen LogP contribution in [0.5, 0.6) is 0 Å². The molecule has 0 saturated heterocycles. The molecule has 0 radical (unpaired) electrons. The van der Waals surface area contributed by atoms with Crippen molar-refractivity contribution in [3.05, 3.63) is 0 Å². The van der Waals surface area contributed by atoms with E-state index in [1.807, 2.05) is 13.8 Å². The van der Waals surface area contributed by atoms with Crippen molar-refractivity contribution in [1.29, 1.82) is 0 Å². The molecule has 4 nitrogen and oxygen atoms in total. The molecule has 0 fully saturated rings. The maximum absolute atomic E-state index is 11.8. The summed E-state index contributed by atoms with van der Waals surface area (Å²) in [6.07, 6.45) is 3.14. The Morgan fingerprint density at radius 2 is 1.72 bits per heavy atom. The fourth-order valence-electron chi connectivity index (χ4n) is 2.07. The van der Waals surface area contributed by atoms with E-state index in [4.69, 9.17) is 4.74 Å². The zero-order chi connectivity index (χ0) is 13.8. The molecule has 0 aromatic carbocycles. The van der Waals surface area contributed by atoms with Crippen LogP contribution in [0.4, 0.5) is 0 Å². The molecule has 0 rings (SSSR count). The molecule has 4 heteroatoms. The van der Waals surface area contributed by atoms with Crippen molar-refractivity contribution in [2.75, 3.05) is 32.8 Å². The van der Waals surface area contributed by atoms with Gasteiger partial charge in [0, 0.05) is 6.54 Å². The first-order chi connectivity index (χ1) is 8.69. The molecule has 0 aliphatic rings. The van der Waals surface area contributed by atoms with Gasteiger partial charge >= 0.3 is 5.97 Å². The number of carbonyl (C=O) groups excluding carboxylic acids is 1. The van der Waals surface area contributed by atoms with E-state index in [0.29, 0.717) is 6.61 Å². The number of rotatable bonds is 11. The predicted octanol–water partition coefficient (Wildman–Crippen LogP) is 2.04. The second-order valence-corrected chi connectivity index (χ2v) is 4.49. The largest absolute Gasteiger partial charge is 0.465 e. The van der Waals surface area contributed by atoms with E-state index >= 15 is 0 Å². The lowest BCUT2D eigenvalue weighted by Gasteiger charge is -2.24. The minimum atomic E-state index is -0.161. The first-order valence-electron chi connectivity index (χ1n) is 7.31. The third kappa shape index (κ3) is 7.67. The number of hydrogen-bond donors (Lipinski definition) is 1. The molecule has 0 amide bonds. The molecule has 0 aliphatic carbocycles. The topological polar surface area (TPSA) is 41.6 Å². The van der Waals surface area contributed by atoms with Crippen LogP contribution in [0, 0.1) is 0 Å². The van der Waals surface area contributed by atoms with E-state index in [9.17, 15) is 4.79 Å². The predicted molar refractivity (Wildman–Crippen MR) is 75.7 cm³/mol. The summed E-state index contributed by atoms with van der Waals surface area (Å²) in [6, 6.07) is -0.161. The van der Waals surface area contributed by atoms with Crippen molar-refractivity contribution in [3.63, 3.8) is 0 Å². The molecule has 1 atom stereocenters. The van der Waals surface area contributed by atoms with E-state index in [0.717, 1.165) is 45.4 Å². The highest BCUT2D eigenvalue weighted by Crippen LogP contribution is 2.02. The highest BCUT2D eigenvalue weighted by Gasteiger charge is 2.19. The molecular weight excluding hydrogens is 228 g/mol. The van der Waals surface area contributed by atoms with Gasteiger partial charge in [0.15, 0.2) is 0 Å². The molecule has 0 saturated carbocycles. The molecule has 18 heavy (non-hydrogen) atoms. The molecule has 1 N–H and O–H groups in total. The lowest BCUT2D eigenvalue weighted by molar-refractivity contribution is -0.145. The fourth-order valence-corrected chi connectivity index (χ4v) is 2.07. The van der Waals surface area contributed by atoms with Gasteiger partial charge in [0.05, 0.1) is 6.61 Å². The zero-order valence-electron chi connectivity index (χ0n) is 12.5. The Bertz CT molecular complexity index is 204. The quantitative estimate of drug-likeness (QED) is 0.576. The van der Waals surface area contributed by atoms with Gasteiger partial charge in [0.25, 0.3) is 0 Å². The summed E-state index contributed by atoms with van der Waals surface area (Å²) in [4.78, 5) is 14.2. The van der Waals surface area contributed by atoms with Gasteiger partial charge in [0.1, 0.15) is 6.04 Å². The van der Waals surface area contributed by atoms with Crippen LogP contribution in [0.25, 0.3) is 0 Å². The third-order valence-electron chi connectivity index (χ3n) is 2.84. The van der Waals surface area contributed by atoms with Crippen LogP contribution < -0.4 is 5.32 Å². The summed E-state index contributed by atoms with van der Waals surface area (Å²) >= 11 is 0. The van der Waals surface area contributed by atoms with Crippen LogP contribution in [0.3, 0.4) is 0 Å². The summed E-state index contributed by atoms with van der Waals surface area (Å²) in [6.45, 7) is 12.7. The number of likely N-dealkylation sites (N-methyl/N-ethyl adjacent to an activating group) is 1. The van der Waals surface area contributed by atoms with Gasteiger partial charge in [-0.2, -0.15) is 0 Å². The maximum atomic E-state index is 11.8. The smallest absolute Gasteiger partial charge is 0.323 e. The van der Waals surface area contributed by atoms with Crippen molar-refractivity contribution in [2.45, 2.75) is 53.0 Å². The lowest BCUT2D eigenvalue weighted by atomic mass is 10.2. The zero-order valence-corrected chi connectivity index (χ0v) is 12.5. The number of ether oxygens (including phenoxy) is 1. The Morgan fingerprint density at radius 3 is 2.17 bits per heavy atom. The van der Waals surface area contributed by atoms with Crippen LogP contribution in [-0.2, 0) is 9.53 Å². The second kappa shape index (κ2) is 11.5. The normalized spacial score (nSPS) is 12.7. The number of esters is 1. The van der Waals surface area contributed by atoms with Gasteiger partial charge in [-0.1, -0.05) is 20.8 Å². The fraction of sp³-hybridized carbons (Fsp3) is 0.929. The van der Waals surface area contributed by atoms with E-state index < -0.39 is 0 Å². The van der Waals surface area contributed by atoms with Crippen LogP contribution in [0.2, 0.25) is 0 Å². The Hall–Kier alpha value is -0.610. The van der Waals surface area contributed by atoms with E-state index in [2.05, 4.69) is 24.1 Å². The van der Waals surface area contributed by atoms with Crippen molar-refractivity contribution in [2.24, 2.45) is 0 Å². The lowest BCUT2D eigenvalue weighted by Crippen LogP contribution is -2.41. The van der Waals surface area contributed by atoms with Gasteiger partial charge in [-0.3, -0.25) is 4.79 Å². The second-order valence-electron chi connectivity index (χ2n) is 4.49. The molecule has 0 aromatic rings. The molecule has 0 bridgehead atoms.